The summed E-state index contributed by atoms with van der Waals surface area (Å²) < 4.78 is 5.39. The second-order valence-electron chi connectivity index (χ2n) is 7.58. The van der Waals surface area contributed by atoms with Crippen LogP contribution in [0.4, 0.5) is 0 Å². The van der Waals surface area contributed by atoms with E-state index in [0.29, 0.717) is 5.56 Å². The van der Waals surface area contributed by atoms with Crippen LogP contribution in [-0.4, -0.2) is 65.5 Å². The number of nitrogens with one attached hydrogen (secondary N) is 2. The number of amides is 2. The fourth-order valence-electron chi connectivity index (χ4n) is 3.31. The Labute approximate surface area is 194 Å². The lowest BCUT2D eigenvalue weighted by atomic mass is 10.1. The zero-order chi connectivity index (χ0) is 22.9. The van der Waals surface area contributed by atoms with E-state index in [1.54, 1.807) is 24.3 Å². The molecule has 8 nitrogen and oxygen atoms in total. The number of carbonyl (C=O) groups is 2. The number of morpholine rings is 1. The van der Waals surface area contributed by atoms with Gasteiger partial charge in [-0.05, 0) is 48.9 Å². The Morgan fingerprint density at radius 3 is 2.39 bits per heavy atom. The van der Waals surface area contributed by atoms with Crippen molar-refractivity contribution in [1.82, 2.24) is 15.7 Å². The molecule has 1 saturated heterocycles. The largest absolute Gasteiger partial charge is 0.391 e. The van der Waals surface area contributed by atoms with Crippen molar-refractivity contribution < 1.29 is 24.6 Å². The van der Waals surface area contributed by atoms with Crippen molar-refractivity contribution in [2.45, 2.75) is 33.0 Å². The molecule has 0 bridgehead atoms. The van der Waals surface area contributed by atoms with Crippen LogP contribution in [0.5, 0.6) is 0 Å². The third kappa shape index (κ3) is 7.70. The van der Waals surface area contributed by atoms with Gasteiger partial charge in [-0.1, -0.05) is 31.4 Å². The van der Waals surface area contributed by atoms with Crippen molar-refractivity contribution in [3.63, 3.8) is 0 Å². The summed E-state index contributed by atoms with van der Waals surface area (Å²) in [6.45, 7) is 5.60. The van der Waals surface area contributed by atoms with Crippen molar-refractivity contribution in [2.75, 3.05) is 26.3 Å². The third-order valence-electron chi connectivity index (χ3n) is 5.10. The zero-order valence-electron chi connectivity index (χ0n) is 17.9. The Hall–Kier alpha value is -3.22. The molecule has 0 spiro atoms. The molecule has 0 aromatic heterocycles. The number of hydrogen-bond acceptors (Lipinski definition) is 6. The molecule has 33 heavy (non-hydrogen) atoms. The van der Waals surface area contributed by atoms with Crippen molar-refractivity contribution in [3.8, 4) is 11.8 Å². The number of aliphatic hydroxyl groups excluding tert-OH is 1. The van der Waals surface area contributed by atoms with Gasteiger partial charge >= 0.3 is 0 Å². The molecular formula is C25H31N3O5. The monoisotopic (exact) mass is 453 g/mol. The molecule has 8 heteroatoms. The van der Waals surface area contributed by atoms with E-state index in [0.717, 1.165) is 44.0 Å². The molecule has 2 atom stereocenters. The number of hydroxylamine groups is 1. The molecular weight excluding hydrogens is 422 g/mol. The third-order valence-corrected chi connectivity index (χ3v) is 5.10. The Bertz CT molecular complexity index is 989. The molecule has 2 aromatic carbocycles. The van der Waals surface area contributed by atoms with E-state index in [2.05, 4.69) is 34.2 Å². The van der Waals surface area contributed by atoms with Crippen LogP contribution in [0, 0.1) is 11.8 Å². The minimum atomic E-state index is -1.27. The highest BCUT2D eigenvalue weighted by Gasteiger charge is 2.25. The lowest BCUT2D eigenvalue weighted by molar-refractivity contribution is -0.133. The van der Waals surface area contributed by atoms with E-state index in [9.17, 15) is 14.7 Å². The predicted octanol–water partition coefficient (Wildman–Crippen LogP) is 1.54. The first-order valence-electron chi connectivity index (χ1n) is 10.4. The van der Waals surface area contributed by atoms with Crippen LogP contribution >= 0.6 is 0 Å². The summed E-state index contributed by atoms with van der Waals surface area (Å²) in [5, 5.41) is 20.8. The van der Waals surface area contributed by atoms with Crippen LogP contribution in [0.1, 0.15) is 41.4 Å². The van der Waals surface area contributed by atoms with E-state index in [1.807, 2.05) is 12.1 Å². The summed E-state index contributed by atoms with van der Waals surface area (Å²) in [6, 6.07) is 13.4. The second kappa shape index (κ2) is 12.7. The van der Waals surface area contributed by atoms with E-state index in [1.165, 1.54) is 18.0 Å². The van der Waals surface area contributed by atoms with Gasteiger partial charge in [0.25, 0.3) is 11.8 Å². The zero-order valence-corrected chi connectivity index (χ0v) is 17.9. The fraction of sp³-hybridized carbons (Fsp3) is 0.360. The highest BCUT2D eigenvalue weighted by atomic mass is 16.5. The van der Waals surface area contributed by atoms with Gasteiger partial charge in [-0.2, -0.15) is 0 Å². The van der Waals surface area contributed by atoms with Crippen molar-refractivity contribution in [3.05, 3.63) is 70.8 Å². The van der Waals surface area contributed by atoms with Crippen molar-refractivity contribution in [2.24, 2.45) is 0 Å². The second-order valence-corrected chi connectivity index (χ2v) is 7.58. The van der Waals surface area contributed by atoms with Crippen LogP contribution in [0.2, 0.25) is 0 Å². The van der Waals surface area contributed by atoms with Gasteiger partial charge in [0.15, 0.2) is 0 Å². The highest BCUT2D eigenvalue weighted by molar-refractivity contribution is 5.97. The Morgan fingerprint density at radius 2 is 1.76 bits per heavy atom. The maximum Gasteiger partial charge on any atom is 0.268 e. The van der Waals surface area contributed by atoms with Gasteiger partial charge < -0.3 is 15.2 Å². The van der Waals surface area contributed by atoms with Gasteiger partial charge in [0, 0.05) is 36.3 Å². The number of carbonyl (C=O) groups excluding carboxylic acids is 2. The average Bonchev–Trinajstić information content (AvgIpc) is 2.81. The molecule has 1 aliphatic rings. The SMILES string of the molecule is C.C[C@@H](O)[C@H](NC(=O)c1ccc(C#Cc2cccc(CN3CCOCC3)c2)cc1)C(=O)NO. The van der Waals surface area contributed by atoms with E-state index in [-0.39, 0.29) is 7.43 Å². The molecule has 1 aliphatic heterocycles. The molecule has 1 fully saturated rings. The normalized spacial score (nSPS) is 15.2. The Kier molecular flexibility index (Phi) is 10.0. The summed E-state index contributed by atoms with van der Waals surface area (Å²) in [7, 11) is 0. The van der Waals surface area contributed by atoms with Crippen molar-refractivity contribution >= 4 is 11.8 Å². The highest BCUT2D eigenvalue weighted by Crippen LogP contribution is 2.10. The summed E-state index contributed by atoms with van der Waals surface area (Å²) in [6.07, 6.45) is -1.17. The number of benzene rings is 2. The molecule has 2 amide bonds. The molecule has 0 saturated carbocycles. The van der Waals surface area contributed by atoms with Crippen LogP contribution in [0.3, 0.4) is 0 Å². The molecule has 1 heterocycles. The van der Waals surface area contributed by atoms with Crippen LogP contribution in [0.15, 0.2) is 48.5 Å². The molecule has 3 rings (SSSR count). The maximum absolute atomic E-state index is 12.3. The number of aliphatic hydroxyl groups is 1. The molecule has 0 radical (unpaired) electrons. The number of hydrogen-bond donors (Lipinski definition) is 4. The fourth-order valence-corrected chi connectivity index (χ4v) is 3.31. The molecule has 0 unspecified atom stereocenters. The topological polar surface area (TPSA) is 111 Å². The summed E-state index contributed by atoms with van der Waals surface area (Å²) >= 11 is 0. The standard InChI is InChI=1S/C24H27N3O5.CH4/c1-17(28)22(24(30)26-31)25-23(29)21-9-7-18(8-10-21)5-6-19-3-2-4-20(15-19)16-27-11-13-32-14-12-27;/h2-4,7-10,15,17,22,28,31H,11-14,16H2,1H3,(H,25,29)(H,26,30);1H4/t17-,22+;/m1./s1. The lowest BCUT2D eigenvalue weighted by Crippen LogP contribution is -2.51. The summed E-state index contributed by atoms with van der Waals surface area (Å²) in [5.74, 6) is 4.80. The Balaban J connectivity index is 0.00000385. The van der Waals surface area contributed by atoms with Gasteiger partial charge in [-0.3, -0.25) is 19.7 Å². The van der Waals surface area contributed by atoms with E-state index in [4.69, 9.17) is 9.94 Å². The first kappa shape index (κ1) is 26.0. The van der Waals surface area contributed by atoms with Gasteiger partial charge in [0.2, 0.25) is 0 Å². The minimum absolute atomic E-state index is 0. The van der Waals surface area contributed by atoms with E-state index < -0.39 is 24.0 Å². The molecule has 4 N–H and O–H groups in total. The smallest absolute Gasteiger partial charge is 0.268 e. The van der Waals surface area contributed by atoms with Gasteiger partial charge in [-0.15, -0.1) is 0 Å². The molecule has 176 valence electrons. The molecule has 2 aromatic rings. The van der Waals surface area contributed by atoms with Crippen LogP contribution < -0.4 is 10.8 Å². The lowest BCUT2D eigenvalue weighted by Gasteiger charge is -2.26. The maximum atomic E-state index is 12.3. The number of nitrogens with zero attached hydrogens (tertiary/aromatic N) is 1. The first-order chi connectivity index (χ1) is 15.5. The molecule has 0 aliphatic carbocycles. The van der Waals surface area contributed by atoms with Gasteiger partial charge in [0.1, 0.15) is 6.04 Å². The average molecular weight is 454 g/mol. The quantitative estimate of drug-likeness (QED) is 0.300. The van der Waals surface area contributed by atoms with Crippen LogP contribution in [-0.2, 0) is 16.1 Å². The van der Waals surface area contributed by atoms with Crippen LogP contribution in [0.25, 0.3) is 0 Å². The van der Waals surface area contributed by atoms with Gasteiger partial charge in [-0.25, -0.2) is 5.48 Å². The Morgan fingerprint density at radius 1 is 1.09 bits per heavy atom. The predicted molar refractivity (Wildman–Crippen MR) is 125 cm³/mol. The number of ether oxygens (including phenoxy) is 1. The van der Waals surface area contributed by atoms with E-state index >= 15 is 0 Å². The first-order valence-corrected chi connectivity index (χ1v) is 10.4. The minimum Gasteiger partial charge on any atom is -0.391 e. The van der Waals surface area contributed by atoms with Gasteiger partial charge in [0.05, 0.1) is 19.3 Å². The number of rotatable bonds is 6. The van der Waals surface area contributed by atoms with Crippen molar-refractivity contribution in [1.29, 1.82) is 0 Å². The summed E-state index contributed by atoms with van der Waals surface area (Å²) in [4.78, 5) is 26.3. The summed E-state index contributed by atoms with van der Waals surface area (Å²) in [5.41, 5.74) is 4.58.